The SMILES string of the molecule is CC1CC(C#N)(NCC2CCCO2)CN1C. The van der Waals surface area contributed by atoms with Gasteiger partial charge in [0.15, 0.2) is 0 Å². The molecule has 2 aliphatic rings. The molecular weight excluding hydrogens is 202 g/mol. The highest BCUT2D eigenvalue weighted by molar-refractivity contribution is 5.14. The van der Waals surface area contributed by atoms with E-state index in [-0.39, 0.29) is 5.54 Å². The van der Waals surface area contributed by atoms with Crippen molar-refractivity contribution in [3.63, 3.8) is 0 Å². The number of hydrogen-bond acceptors (Lipinski definition) is 4. The smallest absolute Gasteiger partial charge is 0.121 e. The fourth-order valence-corrected chi connectivity index (χ4v) is 2.67. The average molecular weight is 223 g/mol. The van der Waals surface area contributed by atoms with E-state index in [4.69, 9.17) is 4.74 Å². The monoisotopic (exact) mass is 223 g/mol. The third-order valence-electron chi connectivity index (χ3n) is 3.82. The highest BCUT2D eigenvalue weighted by Crippen LogP contribution is 2.25. The van der Waals surface area contributed by atoms with Gasteiger partial charge in [0.05, 0.1) is 12.2 Å². The normalized spacial score (nSPS) is 40.1. The Morgan fingerprint density at radius 3 is 2.94 bits per heavy atom. The van der Waals surface area contributed by atoms with Gasteiger partial charge in [-0.05, 0) is 33.2 Å². The van der Waals surface area contributed by atoms with Crippen LogP contribution < -0.4 is 5.32 Å². The van der Waals surface area contributed by atoms with Crippen LogP contribution in [0.5, 0.6) is 0 Å². The molecule has 3 atom stereocenters. The zero-order valence-electron chi connectivity index (χ0n) is 10.2. The molecule has 2 saturated heterocycles. The molecule has 0 aliphatic carbocycles. The molecular formula is C12H21N3O. The summed E-state index contributed by atoms with van der Waals surface area (Å²) in [5.41, 5.74) is -0.361. The average Bonchev–Trinajstić information content (AvgIpc) is 2.86. The van der Waals surface area contributed by atoms with Crippen LogP contribution in [0.4, 0.5) is 0 Å². The van der Waals surface area contributed by atoms with Gasteiger partial charge in [0, 0.05) is 25.7 Å². The second-order valence-corrected chi connectivity index (χ2v) is 5.18. The van der Waals surface area contributed by atoms with Gasteiger partial charge >= 0.3 is 0 Å². The standard InChI is InChI=1S/C12H21N3O/c1-10-6-12(8-13,9-15(10)2)14-7-11-4-3-5-16-11/h10-11,14H,3-7,9H2,1-2H3. The lowest BCUT2D eigenvalue weighted by atomic mass is 9.98. The third kappa shape index (κ3) is 2.37. The van der Waals surface area contributed by atoms with Gasteiger partial charge in [-0.15, -0.1) is 0 Å². The van der Waals surface area contributed by atoms with Gasteiger partial charge in [-0.3, -0.25) is 5.32 Å². The first kappa shape index (κ1) is 11.8. The molecule has 0 saturated carbocycles. The van der Waals surface area contributed by atoms with E-state index in [2.05, 4.69) is 30.3 Å². The van der Waals surface area contributed by atoms with E-state index in [1.807, 2.05) is 0 Å². The van der Waals surface area contributed by atoms with E-state index >= 15 is 0 Å². The molecule has 0 bridgehead atoms. The Balaban J connectivity index is 1.88. The molecule has 3 unspecified atom stereocenters. The minimum Gasteiger partial charge on any atom is -0.377 e. The molecule has 2 heterocycles. The van der Waals surface area contributed by atoms with E-state index in [0.717, 1.165) is 39.0 Å². The van der Waals surface area contributed by atoms with Crippen molar-refractivity contribution in [2.24, 2.45) is 0 Å². The Morgan fingerprint density at radius 1 is 1.62 bits per heavy atom. The Labute approximate surface area is 97.6 Å². The summed E-state index contributed by atoms with van der Waals surface area (Å²) in [4.78, 5) is 2.24. The van der Waals surface area contributed by atoms with Gasteiger partial charge in [0.1, 0.15) is 5.54 Å². The first-order valence-electron chi connectivity index (χ1n) is 6.13. The fourth-order valence-electron chi connectivity index (χ4n) is 2.67. The summed E-state index contributed by atoms with van der Waals surface area (Å²) in [6.07, 6.45) is 3.50. The molecule has 0 amide bonds. The molecule has 90 valence electrons. The summed E-state index contributed by atoms with van der Waals surface area (Å²) >= 11 is 0. The van der Waals surface area contributed by atoms with E-state index in [1.165, 1.54) is 0 Å². The second-order valence-electron chi connectivity index (χ2n) is 5.18. The van der Waals surface area contributed by atoms with Crippen molar-refractivity contribution in [3.05, 3.63) is 0 Å². The molecule has 0 aromatic rings. The maximum atomic E-state index is 9.35. The lowest BCUT2D eigenvalue weighted by molar-refractivity contribution is 0.104. The van der Waals surface area contributed by atoms with E-state index in [9.17, 15) is 5.26 Å². The highest BCUT2D eigenvalue weighted by atomic mass is 16.5. The Morgan fingerprint density at radius 2 is 2.44 bits per heavy atom. The Hall–Kier alpha value is -0.630. The number of nitrogens with zero attached hydrogens (tertiary/aromatic N) is 2. The van der Waals surface area contributed by atoms with Gasteiger partial charge in [0.2, 0.25) is 0 Å². The minimum absolute atomic E-state index is 0.312. The van der Waals surface area contributed by atoms with Gasteiger partial charge in [-0.1, -0.05) is 0 Å². The number of likely N-dealkylation sites (tertiary alicyclic amines) is 1. The topological polar surface area (TPSA) is 48.3 Å². The van der Waals surface area contributed by atoms with Crippen LogP contribution in [0.3, 0.4) is 0 Å². The van der Waals surface area contributed by atoms with Gasteiger partial charge < -0.3 is 9.64 Å². The molecule has 2 rings (SSSR count). The first-order valence-corrected chi connectivity index (χ1v) is 6.13. The molecule has 0 spiro atoms. The number of likely N-dealkylation sites (N-methyl/N-ethyl adjacent to an activating group) is 1. The Bertz CT molecular complexity index is 270. The van der Waals surface area contributed by atoms with Crippen molar-refractivity contribution in [3.8, 4) is 6.07 Å². The summed E-state index contributed by atoms with van der Waals surface area (Å²) in [5, 5.41) is 12.8. The molecule has 2 aliphatic heterocycles. The molecule has 4 heteroatoms. The summed E-state index contributed by atoms with van der Waals surface area (Å²) in [5.74, 6) is 0. The summed E-state index contributed by atoms with van der Waals surface area (Å²) in [6.45, 7) is 4.68. The quantitative estimate of drug-likeness (QED) is 0.766. The zero-order valence-corrected chi connectivity index (χ0v) is 10.2. The Kier molecular flexibility index (Phi) is 3.48. The van der Waals surface area contributed by atoms with Gasteiger partial charge in [-0.25, -0.2) is 0 Å². The van der Waals surface area contributed by atoms with Crippen molar-refractivity contribution in [1.82, 2.24) is 10.2 Å². The second kappa shape index (κ2) is 4.70. The van der Waals surface area contributed by atoms with E-state index in [0.29, 0.717) is 12.1 Å². The van der Waals surface area contributed by atoms with Gasteiger partial charge in [-0.2, -0.15) is 5.26 Å². The lowest BCUT2D eigenvalue weighted by Crippen LogP contribution is -2.48. The number of hydrogen-bond donors (Lipinski definition) is 1. The lowest BCUT2D eigenvalue weighted by Gasteiger charge is -2.24. The first-order chi connectivity index (χ1) is 7.65. The van der Waals surface area contributed by atoms with Crippen LogP contribution in [0, 0.1) is 11.3 Å². The predicted molar refractivity (Wildman–Crippen MR) is 62.0 cm³/mol. The van der Waals surface area contributed by atoms with Crippen LogP contribution in [0.15, 0.2) is 0 Å². The van der Waals surface area contributed by atoms with E-state index < -0.39 is 0 Å². The number of rotatable bonds is 3. The summed E-state index contributed by atoms with van der Waals surface area (Å²) < 4.78 is 5.57. The van der Waals surface area contributed by atoms with Crippen molar-refractivity contribution in [2.45, 2.75) is 43.9 Å². The summed E-state index contributed by atoms with van der Waals surface area (Å²) in [7, 11) is 2.08. The molecule has 2 fully saturated rings. The van der Waals surface area contributed by atoms with Gasteiger partial charge in [0.25, 0.3) is 0 Å². The molecule has 0 aromatic heterocycles. The minimum atomic E-state index is -0.361. The molecule has 16 heavy (non-hydrogen) atoms. The maximum absolute atomic E-state index is 9.35. The van der Waals surface area contributed by atoms with Crippen molar-refractivity contribution in [1.29, 1.82) is 5.26 Å². The number of nitriles is 1. The van der Waals surface area contributed by atoms with Crippen LogP contribution in [0.1, 0.15) is 26.2 Å². The third-order valence-corrected chi connectivity index (χ3v) is 3.82. The fraction of sp³-hybridized carbons (Fsp3) is 0.917. The van der Waals surface area contributed by atoms with Crippen LogP contribution in [0.2, 0.25) is 0 Å². The molecule has 1 N–H and O–H groups in total. The zero-order chi connectivity index (χ0) is 11.6. The van der Waals surface area contributed by atoms with Crippen molar-refractivity contribution < 1.29 is 4.74 Å². The number of nitrogens with one attached hydrogen (secondary N) is 1. The van der Waals surface area contributed by atoms with Crippen LogP contribution >= 0.6 is 0 Å². The van der Waals surface area contributed by atoms with Crippen LogP contribution in [-0.4, -0.2) is 49.3 Å². The highest BCUT2D eigenvalue weighted by Gasteiger charge is 2.41. The van der Waals surface area contributed by atoms with Crippen molar-refractivity contribution in [2.75, 3.05) is 26.7 Å². The largest absolute Gasteiger partial charge is 0.377 e. The maximum Gasteiger partial charge on any atom is 0.121 e. The van der Waals surface area contributed by atoms with E-state index in [1.54, 1.807) is 0 Å². The molecule has 0 radical (unpaired) electrons. The van der Waals surface area contributed by atoms with Crippen LogP contribution in [0.25, 0.3) is 0 Å². The summed E-state index contributed by atoms with van der Waals surface area (Å²) in [6, 6.07) is 2.94. The number of ether oxygens (including phenoxy) is 1. The van der Waals surface area contributed by atoms with Crippen LogP contribution in [-0.2, 0) is 4.74 Å². The molecule has 0 aromatic carbocycles. The molecule has 4 nitrogen and oxygen atoms in total. The predicted octanol–water partition coefficient (Wildman–Crippen LogP) is 0.741. The van der Waals surface area contributed by atoms with Crippen molar-refractivity contribution >= 4 is 0 Å².